The fourth-order valence-corrected chi connectivity index (χ4v) is 4.20. The summed E-state index contributed by atoms with van der Waals surface area (Å²) >= 11 is 6.09. The van der Waals surface area contributed by atoms with Crippen LogP contribution in [0.3, 0.4) is 0 Å². The average molecular weight is 467 g/mol. The molecular formula is C25H27ClN4O3. The first-order valence-electron chi connectivity index (χ1n) is 11.2. The molecule has 0 spiro atoms. The summed E-state index contributed by atoms with van der Waals surface area (Å²) in [6, 6.07) is 14.4. The number of hydrazine groups is 1. The van der Waals surface area contributed by atoms with Crippen molar-refractivity contribution in [3.63, 3.8) is 0 Å². The van der Waals surface area contributed by atoms with Crippen LogP contribution in [0, 0.1) is 6.92 Å². The van der Waals surface area contributed by atoms with Gasteiger partial charge in [0.05, 0.1) is 23.6 Å². The zero-order valence-corrected chi connectivity index (χ0v) is 19.6. The van der Waals surface area contributed by atoms with Crippen LogP contribution in [0.4, 0.5) is 0 Å². The molecule has 0 atom stereocenters. The number of nitrogens with zero attached hydrogens (tertiary/aromatic N) is 3. The quantitative estimate of drug-likeness (QED) is 0.527. The van der Waals surface area contributed by atoms with Gasteiger partial charge in [-0.3, -0.25) is 10.2 Å². The Bertz CT molecular complexity index is 1150. The lowest BCUT2D eigenvalue weighted by Crippen LogP contribution is -2.45. The summed E-state index contributed by atoms with van der Waals surface area (Å²) in [7, 11) is 0. The van der Waals surface area contributed by atoms with Gasteiger partial charge in [0.1, 0.15) is 0 Å². The number of hydrogen-bond donors (Lipinski definition) is 1. The first-order chi connectivity index (χ1) is 16.0. The molecule has 0 unspecified atom stereocenters. The second-order valence-electron chi connectivity index (χ2n) is 7.97. The third-order valence-corrected chi connectivity index (χ3v) is 5.95. The maximum atomic E-state index is 13.2. The largest absolute Gasteiger partial charge is 0.462 e. The topological polar surface area (TPSA) is 76.5 Å². The third kappa shape index (κ3) is 4.94. The van der Waals surface area contributed by atoms with Gasteiger partial charge in [-0.05, 0) is 57.0 Å². The molecule has 1 fully saturated rings. The summed E-state index contributed by atoms with van der Waals surface area (Å²) < 4.78 is 6.96. The van der Waals surface area contributed by atoms with Crippen LogP contribution in [-0.4, -0.2) is 46.4 Å². The van der Waals surface area contributed by atoms with Crippen molar-refractivity contribution in [2.24, 2.45) is 0 Å². The minimum Gasteiger partial charge on any atom is -0.462 e. The van der Waals surface area contributed by atoms with Crippen molar-refractivity contribution in [3.8, 4) is 16.9 Å². The first kappa shape index (κ1) is 23.0. The van der Waals surface area contributed by atoms with Crippen molar-refractivity contribution in [1.82, 2.24) is 20.2 Å². The molecule has 2 aromatic carbocycles. The van der Waals surface area contributed by atoms with E-state index in [1.165, 1.54) is 6.42 Å². The predicted octanol–water partition coefficient (Wildman–Crippen LogP) is 4.81. The van der Waals surface area contributed by atoms with Gasteiger partial charge in [-0.1, -0.05) is 36.2 Å². The second kappa shape index (κ2) is 10.2. The maximum absolute atomic E-state index is 13.2. The number of halogens is 1. The van der Waals surface area contributed by atoms with Gasteiger partial charge in [0.25, 0.3) is 5.91 Å². The summed E-state index contributed by atoms with van der Waals surface area (Å²) in [5.41, 5.74) is 6.43. The van der Waals surface area contributed by atoms with Crippen LogP contribution in [0.15, 0.2) is 48.5 Å². The fraction of sp³-hybridized carbons (Fsp3) is 0.320. The Balaban J connectivity index is 1.83. The highest BCUT2D eigenvalue weighted by Gasteiger charge is 2.26. The summed E-state index contributed by atoms with van der Waals surface area (Å²) in [4.78, 5) is 25.9. The zero-order valence-electron chi connectivity index (χ0n) is 18.8. The van der Waals surface area contributed by atoms with E-state index in [0.29, 0.717) is 33.1 Å². The highest BCUT2D eigenvalue weighted by atomic mass is 35.5. The Hall–Kier alpha value is -3.16. The summed E-state index contributed by atoms with van der Waals surface area (Å²) in [6.07, 6.45) is 3.28. The van der Waals surface area contributed by atoms with Crippen molar-refractivity contribution < 1.29 is 14.3 Å². The molecule has 4 rings (SSSR count). The van der Waals surface area contributed by atoms with E-state index in [1.54, 1.807) is 35.9 Å². The molecule has 1 amide bonds. The Labute approximate surface area is 198 Å². The lowest BCUT2D eigenvalue weighted by Gasteiger charge is -2.26. The SMILES string of the molecule is CCOC(=O)c1ccccc1-c1c(C)c(C(=O)NN2CCCCC2)nn1-c1ccc(Cl)cc1. The summed E-state index contributed by atoms with van der Waals surface area (Å²) in [5.74, 6) is -0.687. The standard InChI is InChI=1S/C25H27ClN4O3/c1-3-33-25(32)21-10-6-5-9-20(21)23-17(2)22(24(31)28-29-15-7-4-8-16-29)27-30(23)19-13-11-18(26)12-14-19/h5-6,9-14H,3-4,7-8,15-16H2,1-2H3,(H,28,31). The van der Waals surface area contributed by atoms with Crippen molar-refractivity contribution in [3.05, 3.63) is 70.4 Å². The highest BCUT2D eigenvalue weighted by molar-refractivity contribution is 6.30. The molecule has 3 aromatic rings. The molecule has 1 aromatic heterocycles. The van der Waals surface area contributed by atoms with Crippen LogP contribution in [0.2, 0.25) is 5.02 Å². The molecule has 2 heterocycles. The fourth-order valence-electron chi connectivity index (χ4n) is 4.08. The van der Waals surface area contributed by atoms with Gasteiger partial charge in [-0.25, -0.2) is 14.5 Å². The van der Waals surface area contributed by atoms with Crippen LogP contribution in [0.5, 0.6) is 0 Å². The molecule has 0 bridgehead atoms. The molecule has 1 N–H and O–H groups in total. The van der Waals surface area contributed by atoms with Crippen molar-refractivity contribution in [2.75, 3.05) is 19.7 Å². The number of benzene rings is 2. The first-order valence-corrected chi connectivity index (χ1v) is 11.6. The molecule has 1 aliphatic heterocycles. The minimum absolute atomic E-state index is 0.267. The molecule has 33 heavy (non-hydrogen) atoms. The van der Waals surface area contributed by atoms with Crippen molar-refractivity contribution in [2.45, 2.75) is 33.1 Å². The third-order valence-electron chi connectivity index (χ3n) is 5.70. The monoisotopic (exact) mass is 466 g/mol. The smallest absolute Gasteiger partial charge is 0.338 e. The number of ether oxygens (including phenoxy) is 1. The zero-order chi connectivity index (χ0) is 23.4. The van der Waals surface area contributed by atoms with E-state index in [-0.39, 0.29) is 12.5 Å². The lowest BCUT2D eigenvalue weighted by atomic mass is 10.0. The number of piperidine rings is 1. The number of nitrogens with one attached hydrogen (secondary N) is 1. The highest BCUT2D eigenvalue weighted by Crippen LogP contribution is 2.32. The lowest BCUT2D eigenvalue weighted by molar-refractivity contribution is 0.0527. The van der Waals surface area contributed by atoms with E-state index in [1.807, 2.05) is 36.2 Å². The van der Waals surface area contributed by atoms with Crippen molar-refractivity contribution >= 4 is 23.5 Å². The molecule has 1 saturated heterocycles. The van der Waals surface area contributed by atoms with Gasteiger partial charge < -0.3 is 4.74 Å². The molecule has 0 saturated carbocycles. The van der Waals surface area contributed by atoms with E-state index in [0.717, 1.165) is 31.6 Å². The van der Waals surface area contributed by atoms with Gasteiger partial charge in [0.2, 0.25) is 0 Å². The van der Waals surface area contributed by atoms with Crippen LogP contribution in [0.25, 0.3) is 16.9 Å². The van der Waals surface area contributed by atoms with E-state index in [4.69, 9.17) is 16.3 Å². The number of aromatic nitrogens is 2. The van der Waals surface area contributed by atoms with Crippen molar-refractivity contribution in [1.29, 1.82) is 0 Å². The summed E-state index contributed by atoms with van der Waals surface area (Å²) in [6.45, 7) is 5.53. The van der Waals surface area contributed by atoms with Crippen LogP contribution >= 0.6 is 11.6 Å². The van der Waals surface area contributed by atoms with Gasteiger partial charge in [-0.2, -0.15) is 5.10 Å². The number of carbonyl (C=O) groups is 2. The van der Waals surface area contributed by atoms with E-state index in [2.05, 4.69) is 10.5 Å². The Kier molecular flexibility index (Phi) is 7.11. The number of hydrogen-bond acceptors (Lipinski definition) is 5. The molecular weight excluding hydrogens is 440 g/mol. The van der Waals surface area contributed by atoms with Crippen LogP contribution in [0.1, 0.15) is 52.6 Å². The number of esters is 1. The molecule has 8 heteroatoms. The van der Waals surface area contributed by atoms with Gasteiger partial charge >= 0.3 is 5.97 Å². The number of carbonyl (C=O) groups excluding carboxylic acids is 2. The Morgan fingerprint density at radius 2 is 1.76 bits per heavy atom. The second-order valence-corrected chi connectivity index (χ2v) is 8.40. The number of rotatable bonds is 6. The van der Waals surface area contributed by atoms with Gasteiger partial charge in [0.15, 0.2) is 5.69 Å². The maximum Gasteiger partial charge on any atom is 0.338 e. The van der Waals surface area contributed by atoms with Crippen LogP contribution in [-0.2, 0) is 4.74 Å². The molecule has 0 aliphatic carbocycles. The molecule has 0 radical (unpaired) electrons. The normalized spacial score (nSPS) is 14.2. The van der Waals surface area contributed by atoms with Crippen LogP contribution < -0.4 is 5.43 Å². The number of amides is 1. The molecule has 1 aliphatic rings. The van der Waals surface area contributed by atoms with Gasteiger partial charge in [-0.15, -0.1) is 0 Å². The minimum atomic E-state index is -0.421. The molecule has 172 valence electrons. The average Bonchev–Trinajstić information content (AvgIpc) is 3.17. The molecule has 7 nitrogen and oxygen atoms in total. The predicted molar refractivity (Wildman–Crippen MR) is 128 cm³/mol. The van der Waals surface area contributed by atoms with E-state index >= 15 is 0 Å². The van der Waals surface area contributed by atoms with E-state index in [9.17, 15) is 9.59 Å². The summed E-state index contributed by atoms with van der Waals surface area (Å²) in [5, 5.41) is 7.22. The Morgan fingerprint density at radius 1 is 1.06 bits per heavy atom. The van der Waals surface area contributed by atoms with Gasteiger partial charge in [0, 0.05) is 29.2 Å². The Morgan fingerprint density at radius 3 is 2.45 bits per heavy atom. The van der Waals surface area contributed by atoms with E-state index < -0.39 is 5.97 Å².